The average molecular weight is 296 g/mol. The molecule has 110 valence electrons. The Hall–Kier alpha value is -1.40. The third-order valence-electron chi connectivity index (χ3n) is 3.17. The Kier molecular flexibility index (Phi) is 5.14. The standard InChI is InChI=1S/C14H20N2O3S/c1-3-19-14(18)12-10(9-4-5-9)8-20-13(12)16-11(17)6-7-15-2/h8-9,15H,3-7H2,1-2H3,(H,16,17). The first kappa shape index (κ1) is 15.0. The zero-order valence-electron chi connectivity index (χ0n) is 11.8. The van der Waals surface area contributed by atoms with Crippen molar-refractivity contribution in [1.29, 1.82) is 0 Å². The largest absolute Gasteiger partial charge is 0.462 e. The monoisotopic (exact) mass is 296 g/mol. The summed E-state index contributed by atoms with van der Waals surface area (Å²) in [5, 5.41) is 8.34. The third kappa shape index (κ3) is 3.58. The smallest absolute Gasteiger partial charge is 0.341 e. The normalized spacial score (nSPS) is 14.1. The molecule has 0 aromatic carbocycles. The van der Waals surface area contributed by atoms with Crippen molar-refractivity contribution < 1.29 is 14.3 Å². The number of anilines is 1. The SMILES string of the molecule is CCOC(=O)c1c(C2CC2)csc1NC(=O)CCNC. The molecule has 1 heterocycles. The van der Waals surface area contributed by atoms with Gasteiger partial charge in [-0.3, -0.25) is 4.79 Å². The fourth-order valence-electron chi connectivity index (χ4n) is 2.00. The lowest BCUT2D eigenvalue weighted by Gasteiger charge is -2.08. The molecule has 6 heteroatoms. The van der Waals surface area contributed by atoms with E-state index in [9.17, 15) is 9.59 Å². The topological polar surface area (TPSA) is 67.4 Å². The summed E-state index contributed by atoms with van der Waals surface area (Å²) >= 11 is 1.41. The Morgan fingerprint density at radius 2 is 2.20 bits per heavy atom. The summed E-state index contributed by atoms with van der Waals surface area (Å²) in [6, 6.07) is 0. The van der Waals surface area contributed by atoms with Crippen molar-refractivity contribution in [1.82, 2.24) is 5.32 Å². The van der Waals surface area contributed by atoms with Crippen molar-refractivity contribution >= 4 is 28.2 Å². The third-order valence-corrected chi connectivity index (χ3v) is 4.08. The van der Waals surface area contributed by atoms with E-state index in [-0.39, 0.29) is 11.9 Å². The summed E-state index contributed by atoms with van der Waals surface area (Å²) < 4.78 is 5.11. The van der Waals surface area contributed by atoms with E-state index in [1.807, 2.05) is 5.38 Å². The van der Waals surface area contributed by atoms with E-state index in [1.54, 1.807) is 14.0 Å². The van der Waals surface area contributed by atoms with Crippen molar-refractivity contribution in [2.45, 2.75) is 32.1 Å². The number of rotatable bonds is 7. The van der Waals surface area contributed by atoms with Gasteiger partial charge < -0.3 is 15.4 Å². The maximum atomic E-state index is 12.1. The Balaban J connectivity index is 2.15. The molecule has 0 radical (unpaired) electrons. The number of amides is 1. The average Bonchev–Trinajstić information content (AvgIpc) is 3.18. The Morgan fingerprint density at radius 3 is 2.80 bits per heavy atom. The molecule has 0 atom stereocenters. The van der Waals surface area contributed by atoms with E-state index in [2.05, 4.69) is 10.6 Å². The van der Waals surface area contributed by atoms with Crippen LogP contribution < -0.4 is 10.6 Å². The van der Waals surface area contributed by atoms with E-state index >= 15 is 0 Å². The van der Waals surface area contributed by atoms with Crippen LogP contribution in [0.25, 0.3) is 0 Å². The minimum absolute atomic E-state index is 0.0888. The maximum Gasteiger partial charge on any atom is 0.341 e. The van der Waals surface area contributed by atoms with Crippen LogP contribution in [0.15, 0.2) is 5.38 Å². The summed E-state index contributed by atoms with van der Waals surface area (Å²) in [6.07, 6.45) is 2.60. The van der Waals surface area contributed by atoms with Gasteiger partial charge in [-0.2, -0.15) is 0 Å². The molecule has 1 aromatic rings. The molecular formula is C14H20N2O3S. The molecule has 20 heavy (non-hydrogen) atoms. The van der Waals surface area contributed by atoms with Gasteiger partial charge in [0.15, 0.2) is 0 Å². The number of carbonyl (C=O) groups excluding carboxylic acids is 2. The first-order chi connectivity index (χ1) is 9.67. The summed E-state index contributed by atoms with van der Waals surface area (Å²) in [5.41, 5.74) is 1.58. The highest BCUT2D eigenvalue weighted by Gasteiger charge is 2.32. The fourth-order valence-corrected chi connectivity index (χ4v) is 3.05. The highest BCUT2D eigenvalue weighted by atomic mass is 32.1. The van der Waals surface area contributed by atoms with Crippen LogP contribution in [-0.4, -0.2) is 32.1 Å². The van der Waals surface area contributed by atoms with Crippen molar-refractivity contribution in [3.8, 4) is 0 Å². The van der Waals surface area contributed by atoms with Crippen molar-refractivity contribution in [2.24, 2.45) is 0 Å². The van der Waals surface area contributed by atoms with Gasteiger partial charge in [0, 0.05) is 13.0 Å². The predicted molar refractivity (Wildman–Crippen MR) is 79.4 cm³/mol. The second kappa shape index (κ2) is 6.85. The minimum Gasteiger partial charge on any atom is -0.462 e. The maximum absolute atomic E-state index is 12.1. The molecule has 1 aromatic heterocycles. The Bertz CT molecular complexity index is 495. The number of ether oxygens (including phenoxy) is 1. The minimum atomic E-state index is -0.334. The predicted octanol–water partition coefficient (Wildman–Crippen LogP) is 2.35. The van der Waals surface area contributed by atoms with E-state index in [4.69, 9.17) is 4.74 Å². The van der Waals surface area contributed by atoms with Gasteiger partial charge in [0.05, 0.1) is 12.2 Å². The molecule has 1 fully saturated rings. The van der Waals surface area contributed by atoms with Crippen molar-refractivity contribution in [3.05, 3.63) is 16.5 Å². The Morgan fingerprint density at radius 1 is 1.45 bits per heavy atom. The summed E-state index contributed by atoms with van der Waals surface area (Å²) in [5.74, 6) is 0.0299. The zero-order valence-corrected chi connectivity index (χ0v) is 12.6. The second-order valence-corrected chi connectivity index (χ2v) is 5.67. The van der Waals surface area contributed by atoms with Crippen molar-refractivity contribution in [3.63, 3.8) is 0 Å². The lowest BCUT2D eigenvalue weighted by atomic mass is 10.1. The van der Waals surface area contributed by atoms with Crippen molar-refractivity contribution in [2.75, 3.05) is 25.5 Å². The van der Waals surface area contributed by atoms with Gasteiger partial charge in [0.2, 0.25) is 5.91 Å². The zero-order chi connectivity index (χ0) is 14.5. The van der Waals surface area contributed by atoms with E-state index in [0.29, 0.717) is 36.1 Å². The van der Waals surface area contributed by atoms with Crippen LogP contribution in [0.5, 0.6) is 0 Å². The summed E-state index contributed by atoms with van der Waals surface area (Å²) in [4.78, 5) is 23.9. The molecule has 0 bridgehead atoms. The molecule has 1 aliphatic rings. The van der Waals surface area contributed by atoms with Gasteiger partial charge >= 0.3 is 5.97 Å². The number of carbonyl (C=O) groups is 2. The first-order valence-corrected chi connectivity index (χ1v) is 7.78. The van der Waals surface area contributed by atoms with E-state index < -0.39 is 0 Å². The molecule has 0 aliphatic heterocycles. The molecule has 1 amide bonds. The highest BCUT2D eigenvalue weighted by molar-refractivity contribution is 7.15. The van der Waals surface area contributed by atoms with Crippen LogP contribution in [0, 0.1) is 0 Å². The number of nitrogens with one attached hydrogen (secondary N) is 2. The van der Waals surface area contributed by atoms with Gasteiger partial charge in [0.25, 0.3) is 0 Å². The highest BCUT2D eigenvalue weighted by Crippen LogP contribution is 2.46. The molecule has 0 saturated heterocycles. The molecule has 0 spiro atoms. The van der Waals surface area contributed by atoms with Gasteiger partial charge in [-0.1, -0.05) is 0 Å². The number of hydrogen-bond acceptors (Lipinski definition) is 5. The van der Waals surface area contributed by atoms with Gasteiger partial charge in [-0.05, 0) is 43.7 Å². The molecular weight excluding hydrogens is 276 g/mol. The van der Waals surface area contributed by atoms with E-state index in [1.165, 1.54) is 11.3 Å². The van der Waals surface area contributed by atoms with Crippen LogP contribution in [0.1, 0.15) is 48.0 Å². The van der Waals surface area contributed by atoms with Gasteiger partial charge in [0.1, 0.15) is 5.00 Å². The second-order valence-electron chi connectivity index (χ2n) is 4.79. The van der Waals surface area contributed by atoms with Gasteiger partial charge in [-0.15, -0.1) is 11.3 Å². The van der Waals surface area contributed by atoms with Crippen LogP contribution in [-0.2, 0) is 9.53 Å². The van der Waals surface area contributed by atoms with Crippen LogP contribution in [0.3, 0.4) is 0 Å². The number of hydrogen-bond donors (Lipinski definition) is 2. The number of thiophene rings is 1. The van der Waals surface area contributed by atoms with Crippen LogP contribution in [0.4, 0.5) is 5.00 Å². The van der Waals surface area contributed by atoms with Gasteiger partial charge in [-0.25, -0.2) is 4.79 Å². The fraction of sp³-hybridized carbons (Fsp3) is 0.571. The van der Waals surface area contributed by atoms with Crippen LogP contribution in [0.2, 0.25) is 0 Å². The van der Waals surface area contributed by atoms with E-state index in [0.717, 1.165) is 18.4 Å². The van der Waals surface area contributed by atoms with Crippen LogP contribution >= 0.6 is 11.3 Å². The number of esters is 1. The lowest BCUT2D eigenvalue weighted by Crippen LogP contribution is -2.19. The Labute approximate surface area is 122 Å². The molecule has 2 N–H and O–H groups in total. The lowest BCUT2D eigenvalue weighted by molar-refractivity contribution is -0.116. The summed E-state index contributed by atoms with van der Waals surface area (Å²) in [7, 11) is 1.80. The molecule has 0 unspecified atom stereocenters. The molecule has 1 aliphatic carbocycles. The molecule has 5 nitrogen and oxygen atoms in total. The molecule has 1 saturated carbocycles. The quantitative estimate of drug-likeness (QED) is 0.758. The first-order valence-electron chi connectivity index (χ1n) is 6.90. The molecule has 2 rings (SSSR count). The summed E-state index contributed by atoms with van der Waals surface area (Å²) in [6.45, 7) is 2.74.